The maximum atomic E-state index is 5.50. The van der Waals surface area contributed by atoms with Crippen molar-refractivity contribution in [1.82, 2.24) is 0 Å². The van der Waals surface area contributed by atoms with Crippen LogP contribution in [0.1, 0.15) is 25.8 Å². The second kappa shape index (κ2) is 4.34. The van der Waals surface area contributed by atoms with Crippen LogP contribution in [-0.2, 0) is 0 Å². The van der Waals surface area contributed by atoms with Gasteiger partial charge in [-0.05, 0) is 23.0 Å². The van der Waals surface area contributed by atoms with Crippen molar-refractivity contribution in [2.75, 3.05) is 0 Å². The summed E-state index contributed by atoms with van der Waals surface area (Å²) in [6.07, 6.45) is 7.71. The third kappa shape index (κ3) is 2.48. The summed E-state index contributed by atoms with van der Waals surface area (Å²) < 4.78 is 0. The Bertz CT molecular complexity index is 450. The first-order chi connectivity index (χ1) is 7.58. The minimum Gasteiger partial charge on any atom is -0.0788 e. The highest BCUT2D eigenvalue weighted by atomic mass is 32.1. The fraction of sp³-hybridized carbons (Fsp3) is 0.267. The third-order valence-electron chi connectivity index (χ3n) is 2.86. The maximum Gasteiger partial charge on any atom is 0.0518 e. The molecule has 82 valence electrons. The van der Waals surface area contributed by atoms with E-state index in [0.29, 0.717) is 0 Å². The quantitative estimate of drug-likeness (QED) is 0.536. The first-order valence-corrected chi connectivity index (χ1v) is 5.98. The zero-order valence-electron chi connectivity index (χ0n) is 9.73. The second-order valence-electron chi connectivity index (χ2n) is 4.88. The highest BCUT2D eigenvalue weighted by molar-refractivity contribution is 7.81. The van der Waals surface area contributed by atoms with E-state index in [1.165, 1.54) is 5.57 Å². The Balaban J connectivity index is 2.20. The molecule has 0 atom stereocenters. The Morgan fingerprint density at radius 1 is 1.19 bits per heavy atom. The molecule has 0 bridgehead atoms. The van der Waals surface area contributed by atoms with Gasteiger partial charge in [0.05, 0.1) is 4.86 Å². The summed E-state index contributed by atoms with van der Waals surface area (Å²) >= 11 is 5.50. The number of hydrogen-bond acceptors (Lipinski definition) is 1. The molecule has 0 unspecified atom stereocenters. The molecule has 0 spiro atoms. The largest absolute Gasteiger partial charge is 0.0788 e. The Kier molecular flexibility index (Phi) is 3.06. The highest BCUT2D eigenvalue weighted by Crippen LogP contribution is 2.29. The van der Waals surface area contributed by atoms with Gasteiger partial charge in [0.1, 0.15) is 0 Å². The molecule has 1 aliphatic carbocycles. The lowest BCUT2D eigenvalue weighted by Gasteiger charge is -2.22. The van der Waals surface area contributed by atoms with Gasteiger partial charge in [-0.3, -0.25) is 0 Å². The van der Waals surface area contributed by atoms with Crippen LogP contribution in [0.2, 0.25) is 0 Å². The Morgan fingerprint density at radius 3 is 2.44 bits per heavy atom. The molecule has 1 aromatic rings. The molecule has 0 N–H and O–H groups in total. The van der Waals surface area contributed by atoms with Gasteiger partial charge in [-0.2, -0.15) is 0 Å². The topological polar surface area (TPSA) is 0 Å². The molecule has 1 aromatic carbocycles. The van der Waals surface area contributed by atoms with Gasteiger partial charge < -0.3 is 0 Å². The Morgan fingerprint density at radius 2 is 1.88 bits per heavy atom. The van der Waals surface area contributed by atoms with Crippen molar-refractivity contribution >= 4 is 17.1 Å². The van der Waals surface area contributed by atoms with Gasteiger partial charge in [0.2, 0.25) is 0 Å². The molecule has 0 aliphatic heterocycles. The first-order valence-electron chi connectivity index (χ1n) is 5.58. The van der Waals surface area contributed by atoms with Gasteiger partial charge in [-0.25, -0.2) is 0 Å². The number of benzene rings is 1. The van der Waals surface area contributed by atoms with E-state index in [9.17, 15) is 0 Å². The molecule has 2 rings (SSSR count). The van der Waals surface area contributed by atoms with Gasteiger partial charge in [0.25, 0.3) is 0 Å². The molecule has 0 saturated carbocycles. The molecule has 0 saturated heterocycles. The molecule has 0 aromatic heterocycles. The van der Waals surface area contributed by atoms with Crippen molar-refractivity contribution < 1.29 is 0 Å². The van der Waals surface area contributed by atoms with Gasteiger partial charge >= 0.3 is 0 Å². The lowest BCUT2D eigenvalue weighted by atomic mass is 9.83. The van der Waals surface area contributed by atoms with E-state index in [-0.39, 0.29) is 5.41 Å². The average Bonchev–Trinajstić information content (AvgIpc) is 2.29. The van der Waals surface area contributed by atoms with E-state index in [0.717, 1.165) is 16.8 Å². The molecular weight excluding hydrogens is 212 g/mol. The van der Waals surface area contributed by atoms with Crippen LogP contribution in [0, 0.1) is 5.41 Å². The molecule has 0 radical (unpaired) electrons. The standard InChI is InChI=1S/C15H16S/c1-15(2)10-8-13(9-11-15)14(16)12-6-4-3-5-7-12/h3-10H,11H2,1-2H3. The van der Waals surface area contributed by atoms with E-state index >= 15 is 0 Å². The molecule has 0 amide bonds. The van der Waals surface area contributed by atoms with Crippen LogP contribution in [-0.4, -0.2) is 4.86 Å². The highest BCUT2D eigenvalue weighted by Gasteiger charge is 2.17. The van der Waals surface area contributed by atoms with Crippen molar-refractivity contribution in [3.05, 3.63) is 59.7 Å². The van der Waals surface area contributed by atoms with E-state index in [4.69, 9.17) is 12.2 Å². The van der Waals surface area contributed by atoms with E-state index < -0.39 is 0 Å². The lowest BCUT2D eigenvalue weighted by Crippen LogP contribution is -2.12. The van der Waals surface area contributed by atoms with Crippen molar-refractivity contribution in [2.45, 2.75) is 20.3 Å². The van der Waals surface area contributed by atoms with Crippen molar-refractivity contribution in [2.24, 2.45) is 5.41 Å². The zero-order valence-corrected chi connectivity index (χ0v) is 10.6. The monoisotopic (exact) mass is 228 g/mol. The van der Waals surface area contributed by atoms with Crippen molar-refractivity contribution in [3.63, 3.8) is 0 Å². The minimum absolute atomic E-state index is 0.274. The minimum atomic E-state index is 0.274. The number of allylic oxidation sites excluding steroid dienone is 4. The fourth-order valence-corrected chi connectivity index (χ4v) is 2.04. The Labute approximate surface area is 103 Å². The summed E-state index contributed by atoms with van der Waals surface area (Å²) in [5, 5.41) is 0. The molecule has 0 nitrogen and oxygen atoms in total. The first kappa shape index (κ1) is 11.3. The Hall–Kier alpha value is -1.21. The number of rotatable bonds is 2. The molecular formula is C15H16S. The summed E-state index contributed by atoms with van der Waals surface area (Å²) in [5.74, 6) is 0. The van der Waals surface area contributed by atoms with E-state index in [1.807, 2.05) is 18.2 Å². The van der Waals surface area contributed by atoms with Crippen molar-refractivity contribution in [3.8, 4) is 0 Å². The smallest absolute Gasteiger partial charge is 0.0518 e. The normalized spacial score (nSPS) is 18.0. The lowest BCUT2D eigenvalue weighted by molar-refractivity contribution is 0.483. The number of thiocarbonyl (C=S) groups is 1. The van der Waals surface area contributed by atoms with Crippen LogP contribution in [0.4, 0.5) is 0 Å². The molecule has 1 heteroatoms. The molecule has 16 heavy (non-hydrogen) atoms. The SMILES string of the molecule is CC1(C)C=CC(C(=S)c2ccccc2)=CC1. The predicted molar refractivity (Wildman–Crippen MR) is 73.8 cm³/mol. The van der Waals surface area contributed by atoms with Gasteiger partial charge in [-0.15, -0.1) is 0 Å². The van der Waals surface area contributed by atoms with Crippen LogP contribution >= 0.6 is 12.2 Å². The molecule has 0 fully saturated rings. The van der Waals surface area contributed by atoms with Crippen LogP contribution in [0.15, 0.2) is 54.1 Å². The van der Waals surface area contributed by atoms with E-state index in [1.54, 1.807) is 0 Å². The zero-order chi connectivity index (χ0) is 11.6. The summed E-state index contributed by atoms with van der Waals surface area (Å²) in [4.78, 5) is 0.951. The second-order valence-corrected chi connectivity index (χ2v) is 5.29. The third-order valence-corrected chi connectivity index (χ3v) is 3.33. The fourth-order valence-electron chi connectivity index (χ4n) is 1.75. The predicted octanol–water partition coefficient (Wildman–Crippen LogP) is 4.32. The summed E-state index contributed by atoms with van der Waals surface area (Å²) in [6.45, 7) is 4.48. The van der Waals surface area contributed by atoms with Gasteiger partial charge in [0.15, 0.2) is 0 Å². The van der Waals surface area contributed by atoms with Gasteiger partial charge in [-0.1, -0.05) is 74.6 Å². The summed E-state index contributed by atoms with van der Waals surface area (Å²) in [6, 6.07) is 10.2. The summed E-state index contributed by atoms with van der Waals surface area (Å²) in [5.41, 5.74) is 2.59. The summed E-state index contributed by atoms with van der Waals surface area (Å²) in [7, 11) is 0. The molecule has 0 heterocycles. The van der Waals surface area contributed by atoms with Crippen LogP contribution < -0.4 is 0 Å². The maximum absolute atomic E-state index is 5.50. The van der Waals surface area contributed by atoms with E-state index in [2.05, 4.69) is 44.2 Å². The van der Waals surface area contributed by atoms with Crippen molar-refractivity contribution in [1.29, 1.82) is 0 Å². The number of hydrogen-bond donors (Lipinski definition) is 0. The van der Waals surface area contributed by atoms with Crippen LogP contribution in [0.3, 0.4) is 0 Å². The molecule has 1 aliphatic rings. The van der Waals surface area contributed by atoms with Crippen LogP contribution in [0.5, 0.6) is 0 Å². The van der Waals surface area contributed by atoms with Gasteiger partial charge in [0, 0.05) is 0 Å². The van der Waals surface area contributed by atoms with Crippen LogP contribution in [0.25, 0.3) is 0 Å². The average molecular weight is 228 g/mol.